The second-order valence-corrected chi connectivity index (χ2v) is 5.68. The summed E-state index contributed by atoms with van der Waals surface area (Å²) in [5.74, 6) is 0. The van der Waals surface area contributed by atoms with E-state index in [0.717, 1.165) is 10.0 Å². The van der Waals surface area contributed by atoms with Crippen LogP contribution in [0.1, 0.15) is 5.56 Å². The van der Waals surface area contributed by atoms with Crippen molar-refractivity contribution in [3.05, 3.63) is 79.3 Å². The normalized spacial score (nSPS) is 10.8. The topological polar surface area (TPSA) is 78.0 Å². The van der Waals surface area contributed by atoms with Gasteiger partial charge in [-0.05, 0) is 23.8 Å². The van der Waals surface area contributed by atoms with E-state index in [1.54, 1.807) is 0 Å². The van der Waals surface area contributed by atoms with Crippen LogP contribution < -0.4 is 5.56 Å². The van der Waals surface area contributed by atoms with Gasteiger partial charge in [0.05, 0.1) is 28.7 Å². The number of rotatable bonds is 3. The first-order valence-electron chi connectivity index (χ1n) is 6.42. The maximum absolute atomic E-state index is 12.4. The molecule has 0 aliphatic rings. The highest BCUT2D eigenvalue weighted by atomic mass is 79.9. The van der Waals surface area contributed by atoms with Crippen LogP contribution in [-0.4, -0.2) is 14.5 Å². The van der Waals surface area contributed by atoms with E-state index in [-0.39, 0.29) is 11.2 Å². The van der Waals surface area contributed by atoms with Gasteiger partial charge in [0.2, 0.25) is 0 Å². The van der Waals surface area contributed by atoms with E-state index in [0.29, 0.717) is 17.4 Å². The average Bonchev–Trinajstić information content (AvgIpc) is 2.50. The maximum Gasteiger partial charge on any atom is 0.271 e. The third kappa shape index (κ3) is 2.75. The fourth-order valence-electron chi connectivity index (χ4n) is 2.20. The molecule has 1 heterocycles. The molecule has 0 radical (unpaired) electrons. The molecule has 0 aliphatic carbocycles. The van der Waals surface area contributed by atoms with Crippen molar-refractivity contribution in [1.29, 1.82) is 0 Å². The molecule has 0 N–H and O–H groups in total. The molecule has 0 saturated heterocycles. The van der Waals surface area contributed by atoms with Gasteiger partial charge < -0.3 is 0 Å². The van der Waals surface area contributed by atoms with Crippen molar-refractivity contribution in [2.75, 3.05) is 0 Å². The van der Waals surface area contributed by atoms with Crippen molar-refractivity contribution in [2.24, 2.45) is 0 Å². The van der Waals surface area contributed by atoms with E-state index < -0.39 is 4.92 Å². The number of nitro groups is 1. The van der Waals surface area contributed by atoms with E-state index in [2.05, 4.69) is 20.9 Å². The first-order chi connectivity index (χ1) is 10.5. The minimum Gasteiger partial charge on any atom is -0.294 e. The first-order valence-corrected chi connectivity index (χ1v) is 7.22. The molecule has 110 valence electrons. The Morgan fingerprint density at radius 3 is 2.77 bits per heavy atom. The van der Waals surface area contributed by atoms with Gasteiger partial charge in [0.15, 0.2) is 0 Å². The van der Waals surface area contributed by atoms with E-state index in [4.69, 9.17) is 0 Å². The van der Waals surface area contributed by atoms with Gasteiger partial charge in [-0.15, -0.1) is 0 Å². The highest BCUT2D eigenvalue weighted by Gasteiger charge is 2.10. The summed E-state index contributed by atoms with van der Waals surface area (Å²) in [4.78, 5) is 26.8. The number of aromatic nitrogens is 2. The minimum atomic E-state index is -0.506. The summed E-state index contributed by atoms with van der Waals surface area (Å²) in [6.45, 7) is 0.387. The number of non-ortho nitro benzene ring substituents is 1. The summed E-state index contributed by atoms with van der Waals surface area (Å²) in [6, 6.07) is 11.7. The number of benzene rings is 2. The van der Waals surface area contributed by atoms with Crippen LogP contribution in [0.15, 0.2) is 58.1 Å². The molecule has 0 bridgehead atoms. The number of hydrogen-bond acceptors (Lipinski definition) is 4. The average molecular weight is 360 g/mol. The summed E-state index contributed by atoms with van der Waals surface area (Å²) < 4.78 is 2.41. The van der Waals surface area contributed by atoms with Crippen LogP contribution in [0, 0.1) is 10.1 Å². The quantitative estimate of drug-likeness (QED) is 0.531. The molecule has 7 heteroatoms. The highest BCUT2D eigenvalue weighted by Crippen LogP contribution is 2.17. The monoisotopic (exact) mass is 359 g/mol. The van der Waals surface area contributed by atoms with Crippen LogP contribution in [0.2, 0.25) is 0 Å². The Morgan fingerprint density at radius 1 is 1.23 bits per heavy atom. The Kier molecular flexibility index (Phi) is 3.72. The van der Waals surface area contributed by atoms with Gasteiger partial charge in [-0.25, -0.2) is 4.98 Å². The lowest BCUT2D eigenvalue weighted by Gasteiger charge is -2.07. The fraction of sp³-hybridized carbons (Fsp3) is 0.0667. The lowest BCUT2D eigenvalue weighted by atomic mass is 10.2. The van der Waals surface area contributed by atoms with Gasteiger partial charge in [0.1, 0.15) is 0 Å². The fourth-order valence-corrected chi connectivity index (χ4v) is 2.65. The number of nitro benzene ring substituents is 1. The molecule has 0 fully saturated rings. The second kappa shape index (κ2) is 5.69. The third-order valence-electron chi connectivity index (χ3n) is 3.26. The molecule has 0 atom stereocenters. The van der Waals surface area contributed by atoms with Gasteiger partial charge in [0, 0.05) is 16.6 Å². The molecule has 0 spiro atoms. The maximum atomic E-state index is 12.4. The molecule has 2 aromatic carbocycles. The Morgan fingerprint density at radius 2 is 2.05 bits per heavy atom. The summed E-state index contributed by atoms with van der Waals surface area (Å²) in [5, 5.41) is 11.1. The van der Waals surface area contributed by atoms with Crippen LogP contribution in [0.3, 0.4) is 0 Å². The number of halogens is 1. The van der Waals surface area contributed by atoms with Crippen molar-refractivity contribution in [3.8, 4) is 0 Å². The van der Waals surface area contributed by atoms with Crippen molar-refractivity contribution in [2.45, 2.75) is 6.54 Å². The molecule has 3 aromatic rings. The van der Waals surface area contributed by atoms with Crippen LogP contribution in [0.4, 0.5) is 5.69 Å². The van der Waals surface area contributed by atoms with Gasteiger partial charge in [-0.2, -0.15) is 0 Å². The molecule has 0 unspecified atom stereocenters. The number of nitrogens with zero attached hydrogens (tertiary/aromatic N) is 3. The van der Waals surface area contributed by atoms with Crippen LogP contribution >= 0.6 is 15.9 Å². The Labute approximate surface area is 133 Å². The largest absolute Gasteiger partial charge is 0.294 e. The van der Waals surface area contributed by atoms with E-state index in [1.807, 2.05) is 24.3 Å². The molecule has 1 aromatic heterocycles. The summed E-state index contributed by atoms with van der Waals surface area (Å²) >= 11 is 3.39. The van der Waals surface area contributed by atoms with E-state index in [9.17, 15) is 14.9 Å². The first kappa shape index (κ1) is 14.4. The Bertz CT molecular complexity index is 937. The van der Waals surface area contributed by atoms with Crippen LogP contribution in [0.25, 0.3) is 10.9 Å². The zero-order chi connectivity index (χ0) is 15.7. The van der Waals surface area contributed by atoms with Crippen molar-refractivity contribution >= 4 is 32.5 Å². The zero-order valence-electron chi connectivity index (χ0n) is 11.3. The molecule has 6 nitrogen and oxygen atoms in total. The molecular formula is C15H10BrN3O3. The smallest absolute Gasteiger partial charge is 0.271 e. The molecule has 3 rings (SSSR count). The lowest BCUT2D eigenvalue weighted by Crippen LogP contribution is -2.21. The van der Waals surface area contributed by atoms with Gasteiger partial charge >= 0.3 is 0 Å². The molecular weight excluding hydrogens is 350 g/mol. The van der Waals surface area contributed by atoms with E-state index >= 15 is 0 Å². The summed E-state index contributed by atoms with van der Waals surface area (Å²) in [5.41, 5.74) is 0.980. The van der Waals surface area contributed by atoms with Crippen LogP contribution in [-0.2, 0) is 6.54 Å². The van der Waals surface area contributed by atoms with Gasteiger partial charge in [-0.1, -0.05) is 28.1 Å². The predicted octanol–water partition coefficient (Wildman–Crippen LogP) is 3.12. The predicted molar refractivity (Wildman–Crippen MR) is 85.9 cm³/mol. The number of fused-ring (bicyclic) bond motifs is 1. The third-order valence-corrected chi connectivity index (χ3v) is 3.75. The molecule has 0 saturated carbocycles. The standard InChI is InChI=1S/C15H10BrN3O3/c16-11-3-1-2-10(6-11)8-18-9-17-14-7-12(19(21)22)4-5-13(14)15(18)20/h1-7,9H,8H2. The number of hydrogen-bond donors (Lipinski definition) is 0. The molecule has 22 heavy (non-hydrogen) atoms. The second-order valence-electron chi connectivity index (χ2n) is 4.77. The summed E-state index contributed by atoms with van der Waals surface area (Å²) in [6.07, 6.45) is 1.41. The molecule has 0 amide bonds. The van der Waals surface area contributed by atoms with Gasteiger partial charge in [-0.3, -0.25) is 19.5 Å². The van der Waals surface area contributed by atoms with Crippen molar-refractivity contribution < 1.29 is 4.92 Å². The Hall–Kier alpha value is -2.54. The van der Waals surface area contributed by atoms with E-state index in [1.165, 1.54) is 29.1 Å². The summed E-state index contributed by atoms with van der Waals surface area (Å²) in [7, 11) is 0. The Balaban J connectivity index is 2.05. The van der Waals surface area contributed by atoms with Crippen molar-refractivity contribution in [1.82, 2.24) is 9.55 Å². The van der Waals surface area contributed by atoms with Crippen LogP contribution in [0.5, 0.6) is 0 Å². The highest BCUT2D eigenvalue weighted by molar-refractivity contribution is 9.10. The SMILES string of the molecule is O=c1c2ccc([N+](=O)[O-])cc2ncn1Cc1cccc(Br)c1. The van der Waals surface area contributed by atoms with Crippen molar-refractivity contribution in [3.63, 3.8) is 0 Å². The van der Waals surface area contributed by atoms with Gasteiger partial charge in [0.25, 0.3) is 11.2 Å². The minimum absolute atomic E-state index is 0.0795. The zero-order valence-corrected chi connectivity index (χ0v) is 12.9. The lowest BCUT2D eigenvalue weighted by molar-refractivity contribution is -0.384. The molecule has 0 aliphatic heterocycles.